The van der Waals surface area contributed by atoms with Gasteiger partial charge in [-0.1, -0.05) is 34.1 Å². The monoisotopic (exact) mass is 303 g/mol. The van der Waals surface area contributed by atoms with Crippen molar-refractivity contribution in [3.63, 3.8) is 0 Å². The molecule has 3 nitrogen and oxygen atoms in total. The zero-order chi connectivity index (χ0) is 13.0. The van der Waals surface area contributed by atoms with Crippen LogP contribution in [0.25, 0.3) is 11.6 Å². The number of halogens is 1. The van der Waals surface area contributed by atoms with Gasteiger partial charge in [-0.3, -0.25) is 4.98 Å². The number of nitrogens with zero attached hydrogens (tertiary/aromatic N) is 1. The maximum atomic E-state index is 11.3. The Balaban J connectivity index is 2.46. The van der Waals surface area contributed by atoms with E-state index in [0.717, 1.165) is 10.0 Å². The van der Waals surface area contributed by atoms with Gasteiger partial charge in [0.2, 0.25) is 0 Å². The summed E-state index contributed by atoms with van der Waals surface area (Å²) in [6.45, 7) is 0. The summed E-state index contributed by atoms with van der Waals surface area (Å²) >= 11 is 3.35. The number of aliphatic carboxylic acids is 1. The summed E-state index contributed by atoms with van der Waals surface area (Å²) in [5.74, 6) is -0.992. The first-order valence-electron chi connectivity index (χ1n) is 5.29. The van der Waals surface area contributed by atoms with Crippen LogP contribution in [-0.4, -0.2) is 16.1 Å². The van der Waals surface area contributed by atoms with Crippen molar-refractivity contribution in [1.29, 1.82) is 0 Å². The second-order valence-electron chi connectivity index (χ2n) is 3.63. The summed E-state index contributed by atoms with van der Waals surface area (Å²) in [4.78, 5) is 15.3. The number of hydrogen-bond donors (Lipinski definition) is 1. The van der Waals surface area contributed by atoms with Crippen molar-refractivity contribution in [2.24, 2.45) is 0 Å². The molecule has 4 heteroatoms. The lowest BCUT2D eigenvalue weighted by Crippen LogP contribution is -2.01. The molecule has 0 aliphatic carbocycles. The Morgan fingerprint density at radius 2 is 2.06 bits per heavy atom. The quantitative estimate of drug-likeness (QED) is 0.883. The molecule has 0 aliphatic heterocycles. The third-order valence-corrected chi connectivity index (χ3v) is 2.82. The van der Waals surface area contributed by atoms with Crippen molar-refractivity contribution >= 4 is 33.5 Å². The molecule has 1 aromatic heterocycles. The molecular formula is C14H10BrNO2. The van der Waals surface area contributed by atoms with Gasteiger partial charge in [-0.2, -0.15) is 0 Å². The van der Waals surface area contributed by atoms with E-state index >= 15 is 0 Å². The van der Waals surface area contributed by atoms with Crippen molar-refractivity contribution in [3.05, 3.63) is 64.4 Å². The minimum atomic E-state index is -0.992. The van der Waals surface area contributed by atoms with Gasteiger partial charge in [-0.15, -0.1) is 0 Å². The minimum absolute atomic E-state index is 0.175. The van der Waals surface area contributed by atoms with Gasteiger partial charge in [0.05, 0.1) is 11.3 Å². The summed E-state index contributed by atoms with van der Waals surface area (Å²) in [6, 6.07) is 12.6. The Hall–Kier alpha value is -1.94. The number of rotatable bonds is 3. The standard InChI is InChI=1S/C14H10BrNO2/c15-11-5-3-4-10(8-11)9-12(14(17)18)13-6-1-2-7-16-13/h1-9H,(H,17,18)/b12-9+. The molecular weight excluding hydrogens is 294 g/mol. The maximum Gasteiger partial charge on any atom is 0.337 e. The molecule has 0 saturated heterocycles. The molecule has 0 unspecified atom stereocenters. The molecule has 0 aliphatic rings. The number of carboxylic acids is 1. The predicted molar refractivity (Wildman–Crippen MR) is 73.9 cm³/mol. The van der Waals surface area contributed by atoms with Crippen LogP contribution in [-0.2, 0) is 4.79 Å². The smallest absolute Gasteiger partial charge is 0.337 e. The lowest BCUT2D eigenvalue weighted by atomic mass is 10.1. The van der Waals surface area contributed by atoms with Crippen molar-refractivity contribution in [1.82, 2.24) is 4.98 Å². The second-order valence-corrected chi connectivity index (χ2v) is 4.55. The topological polar surface area (TPSA) is 50.2 Å². The molecule has 0 radical (unpaired) electrons. The predicted octanol–water partition coefficient (Wildman–Crippen LogP) is 3.47. The van der Waals surface area contributed by atoms with Crippen molar-refractivity contribution in [2.75, 3.05) is 0 Å². The normalized spacial score (nSPS) is 11.3. The van der Waals surface area contributed by atoms with Crippen LogP contribution in [0.1, 0.15) is 11.3 Å². The Labute approximate surface area is 113 Å². The summed E-state index contributed by atoms with van der Waals surface area (Å²) in [7, 11) is 0. The van der Waals surface area contributed by atoms with E-state index in [2.05, 4.69) is 20.9 Å². The van der Waals surface area contributed by atoms with E-state index in [1.165, 1.54) is 0 Å². The van der Waals surface area contributed by atoms with Crippen LogP contribution in [0.3, 0.4) is 0 Å². The van der Waals surface area contributed by atoms with Crippen LogP contribution >= 0.6 is 15.9 Å². The van der Waals surface area contributed by atoms with E-state index in [1.54, 1.807) is 30.5 Å². The van der Waals surface area contributed by atoms with Gasteiger partial charge in [0.25, 0.3) is 0 Å². The first kappa shape index (κ1) is 12.5. The molecule has 0 spiro atoms. The van der Waals surface area contributed by atoms with Gasteiger partial charge < -0.3 is 5.11 Å². The van der Waals surface area contributed by atoms with Gasteiger partial charge >= 0.3 is 5.97 Å². The first-order chi connectivity index (χ1) is 8.66. The maximum absolute atomic E-state index is 11.3. The Morgan fingerprint density at radius 1 is 1.22 bits per heavy atom. The van der Waals surface area contributed by atoms with Crippen LogP contribution in [0.5, 0.6) is 0 Å². The molecule has 90 valence electrons. The Bertz CT molecular complexity index is 594. The van der Waals surface area contributed by atoms with E-state index < -0.39 is 5.97 Å². The van der Waals surface area contributed by atoms with E-state index in [0.29, 0.717) is 5.69 Å². The van der Waals surface area contributed by atoms with Crippen molar-refractivity contribution in [2.45, 2.75) is 0 Å². The zero-order valence-corrected chi connectivity index (χ0v) is 11.0. The number of aromatic nitrogens is 1. The third kappa shape index (κ3) is 3.05. The number of benzene rings is 1. The molecule has 1 aromatic carbocycles. The van der Waals surface area contributed by atoms with Crippen LogP contribution in [0, 0.1) is 0 Å². The average Bonchev–Trinajstić information content (AvgIpc) is 2.37. The van der Waals surface area contributed by atoms with Crippen LogP contribution in [0.15, 0.2) is 53.1 Å². The highest BCUT2D eigenvalue weighted by Crippen LogP contribution is 2.19. The van der Waals surface area contributed by atoms with Crippen molar-refractivity contribution < 1.29 is 9.90 Å². The number of carboxylic acid groups (broad SMARTS) is 1. The summed E-state index contributed by atoms with van der Waals surface area (Å²) in [5.41, 5.74) is 1.44. The summed E-state index contributed by atoms with van der Waals surface area (Å²) < 4.78 is 0.905. The van der Waals surface area contributed by atoms with Gasteiger partial charge in [-0.05, 0) is 35.9 Å². The van der Waals surface area contributed by atoms with E-state index in [4.69, 9.17) is 0 Å². The van der Waals surface area contributed by atoms with E-state index in [1.807, 2.05) is 24.3 Å². The molecule has 0 bridgehead atoms. The van der Waals surface area contributed by atoms with Crippen LogP contribution < -0.4 is 0 Å². The third-order valence-electron chi connectivity index (χ3n) is 2.33. The summed E-state index contributed by atoms with van der Waals surface area (Å²) in [6.07, 6.45) is 3.18. The van der Waals surface area contributed by atoms with Gasteiger partial charge in [-0.25, -0.2) is 4.79 Å². The zero-order valence-electron chi connectivity index (χ0n) is 9.38. The second kappa shape index (κ2) is 5.60. The fourth-order valence-electron chi connectivity index (χ4n) is 1.53. The fraction of sp³-hybridized carbons (Fsp3) is 0. The number of pyridine rings is 1. The molecule has 18 heavy (non-hydrogen) atoms. The van der Waals surface area contributed by atoms with Crippen molar-refractivity contribution in [3.8, 4) is 0 Å². The number of carbonyl (C=O) groups is 1. The first-order valence-corrected chi connectivity index (χ1v) is 6.08. The molecule has 2 aromatic rings. The van der Waals surface area contributed by atoms with Gasteiger partial charge in [0.15, 0.2) is 0 Å². The molecule has 2 rings (SSSR count). The SMILES string of the molecule is O=C(O)/C(=C/c1cccc(Br)c1)c1ccccn1. The Morgan fingerprint density at radius 3 is 2.67 bits per heavy atom. The van der Waals surface area contributed by atoms with Gasteiger partial charge in [0.1, 0.15) is 0 Å². The van der Waals surface area contributed by atoms with E-state index in [9.17, 15) is 9.90 Å². The summed E-state index contributed by atoms with van der Waals surface area (Å²) in [5, 5.41) is 9.24. The van der Waals surface area contributed by atoms with Gasteiger partial charge in [0, 0.05) is 10.7 Å². The molecule has 0 amide bonds. The molecule has 0 saturated carbocycles. The Kier molecular flexibility index (Phi) is 3.89. The highest BCUT2D eigenvalue weighted by Gasteiger charge is 2.11. The average molecular weight is 304 g/mol. The molecule has 1 heterocycles. The minimum Gasteiger partial charge on any atom is -0.478 e. The molecule has 0 fully saturated rings. The highest BCUT2D eigenvalue weighted by atomic mass is 79.9. The molecule has 0 atom stereocenters. The fourth-order valence-corrected chi connectivity index (χ4v) is 1.95. The number of hydrogen-bond acceptors (Lipinski definition) is 2. The van der Waals surface area contributed by atoms with E-state index in [-0.39, 0.29) is 5.57 Å². The lowest BCUT2D eigenvalue weighted by Gasteiger charge is -2.02. The lowest BCUT2D eigenvalue weighted by molar-refractivity contribution is -0.130. The molecule has 1 N–H and O–H groups in total. The highest BCUT2D eigenvalue weighted by molar-refractivity contribution is 9.10. The van der Waals surface area contributed by atoms with Crippen LogP contribution in [0.4, 0.5) is 0 Å². The largest absolute Gasteiger partial charge is 0.478 e. The van der Waals surface area contributed by atoms with Crippen LogP contribution in [0.2, 0.25) is 0 Å².